The van der Waals surface area contributed by atoms with Gasteiger partial charge in [-0.3, -0.25) is 5.10 Å². The van der Waals surface area contributed by atoms with Gasteiger partial charge in [0.15, 0.2) is 0 Å². The van der Waals surface area contributed by atoms with Crippen LogP contribution in [0.25, 0.3) is 32.4 Å². The van der Waals surface area contributed by atoms with E-state index < -0.39 is 7.12 Å². The Balaban J connectivity index is 1.88. The van der Waals surface area contributed by atoms with E-state index in [1.165, 1.54) is 27.8 Å². The number of nitrogens with zero attached hydrogens (tertiary/aromatic N) is 2. The molecule has 0 spiro atoms. The predicted molar refractivity (Wildman–Crippen MR) is 96.6 cm³/mol. The molecule has 0 bridgehead atoms. The Hall–Kier alpha value is -2.22. The molecule has 0 unspecified atom stereocenters. The molecule has 5 rings (SSSR count). The van der Waals surface area contributed by atoms with E-state index in [-0.39, 0.29) is 0 Å². The number of aromatic nitrogens is 3. The first kappa shape index (κ1) is 14.2. The van der Waals surface area contributed by atoms with Crippen molar-refractivity contribution >= 4 is 45.7 Å². The Labute approximate surface area is 142 Å². The van der Waals surface area contributed by atoms with E-state index >= 15 is 0 Å². The van der Waals surface area contributed by atoms with E-state index in [1.54, 1.807) is 6.07 Å². The third kappa shape index (κ3) is 1.89. The van der Waals surface area contributed by atoms with Crippen molar-refractivity contribution in [2.45, 2.75) is 19.3 Å². The Morgan fingerprint density at radius 2 is 2.00 bits per heavy atom. The van der Waals surface area contributed by atoms with E-state index in [4.69, 9.17) is 4.98 Å². The molecule has 0 saturated heterocycles. The number of rotatable bonds is 2. The molecule has 1 aliphatic carbocycles. The highest BCUT2D eigenvalue weighted by Crippen LogP contribution is 2.39. The minimum Gasteiger partial charge on any atom is -0.423 e. The number of H-pyrrole nitrogens is 1. The van der Waals surface area contributed by atoms with Crippen LogP contribution in [0.4, 0.5) is 0 Å². The molecule has 0 atom stereocenters. The molecule has 1 aliphatic rings. The van der Waals surface area contributed by atoms with Crippen LogP contribution in [-0.4, -0.2) is 32.3 Å². The SMILES string of the molecule is OB(O)c1ccsc1-c1nc2ccc3[nH]ncc3c2c2c1CCC2. The molecule has 0 saturated carbocycles. The van der Waals surface area contributed by atoms with Gasteiger partial charge < -0.3 is 10.0 Å². The number of nitrogens with one attached hydrogen (secondary N) is 1. The van der Waals surface area contributed by atoms with Gasteiger partial charge in [0.25, 0.3) is 0 Å². The highest BCUT2D eigenvalue weighted by molar-refractivity contribution is 7.15. The molecule has 3 heterocycles. The van der Waals surface area contributed by atoms with Gasteiger partial charge >= 0.3 is 7.12 Å². The number of fused-ring (bicyclic) bond motifs is 5. The van der Waals surface area contributed by atoms with Crippen LogP contribution in [-0.2, 0) is 12.8 Å². The molecule has 4 aromatic rings. The summed E-state index contributed by atoms with van der Waals surface area (Å²) < 4.78 is 0. The van der Waals surface area contributed by atoms with Crippen LogP contribution in [0.15, 0.2) is 29.8 Å². The molecule has 3 N–H and O–H groups in total. The van der Waals surface area contributed by atoms with Gasteiger partial charge in [-0.05, 0) is 47.9 Å². The molecule has 5 nitrogen and oxygen atoms in total. The van der Waals surface area contributed by atoms with Crippen LogP contribution in [0.3, 0.4) is 0 Å². The molecule has 0 aliphatic heterocycles. The Kier molecular flexibility index (Phi) is 3.03. The van der Waals surface area contributed by atoms with Crippen LogP contribution >= 0.6 is 11.3 Å². The van der Waals surface area contributed by atoms with Crippen LogP contribution in [0.5, 0.6) is 0 Å². The highest BCUT2D eigenvalue weighted by Gasteiger charge is 2.26. The van der Waals surface area contributed by atoms with E-state index in [0.29, 0.717) is 5.46 Å². The summed E-state index contributed by atoms with van der Waals surface area (Å²) in [6.45, 7) is 0. The second-order valence-electron chi connectivity index (χ2n) is 6.14. The van der Waals surface area contributed by atoms with Crippen molar-refractivity contribution in [3.63, 3.8) is 0 Å². The van der Waals surface area contributed by atoms with Crippen LogP contribution in [0.2, 0.25) is 0 Å². The van der Waals surface area contributed by atoms with Crippen molar-refractivity contribution in [2.24, 2.45) is 0 Å². The zero-order valence-corrected chi connectivity index (χ0v) is 13.6. The van der Waals surface area contributed by atoms with Gasteiger partial charge in [-0.15, -0.1) is 11.3 Å². The lowest BCUT2D eigenvalue weighted by atomic mass is 9.79. The molecule has 0 fully saturated rings. The lowest BCUT2D eigenvalue weighted by Gasteiger charge is -2.12. The molecule has 118 valence electrons. The number of hydrogen-bond acceptors (Lipinski definition) is 5. The molecular weight excluding hydrogens is 321 g/mol. The molecule has 0 radical (unpaired) electrons. The first-order valence-electron chi connectivity index (χ1n) is 7.95. The predicted octanol–water partition coefficient (Wildman–Crippen LogP) is 2.01. The Morgan fingerprint density at radius 3 is 2.88 bits per heavy atom. The maximum Gasteiger partial charge on any atom is 0.489 e. The van der Waals surface area contributed by atoms with Crippen molar-refractivity contribution in [2.75, 3.05) is 0 Å². The quantitative estimate of drug-likeness (QED) is 0.490. The first-order chi connectivity index (χ1) is 11.7. The van der Waals surface area contributed by atoms with Gasteiger partial charge in [0, 0.05) is 16.2 Å². The van der Waals surface area contributed by atoms with Crippen LogP contribution in [0.1, 0.15) is 17.5 Å². The van der Waals surface area contributed by atoms with E-state index in [1.807, 2.05) is 23.7 Å². The number of aryl methyl sites for hydroxylation is 1. The molecule has 3 aromatic heterocycles. The summed E-state index contributed by atoms with van der Waals surface area (Å²) in [7, 11) is -1.47. The zero-order chi connectivity index (χ0) is 16.3. The van der Waals surface area contributed by atoms with E-state index in [9.17, 15) is 10.0 Å². The highest BCUT2D eigenvalue weighted by atomic mass is 32.1. The lowest BCUT2D eigenvalue weighted by molar-refractivity contribution is 0.426. The normalized spacial score (nSPS) is 13.8. The second-order valence-corrected chi connectivity index (χ2v) is 7.06. The molecule has 1 aromatic carbocycles. The molecule has 24 heavy (non-hydrogen) atoms. The summed E-state index contributed by atoms with van der Waals surface area (Å²) in [6.07, 6.45) is 4.96. The summed E-state index contributed by atoms with van der Waals surface area (Å²) in [5.41, 5.74) is 5.95. The monoisotopic (exact) mass is 335 g/mol. The number of benzene rings is 1. The van der Waals surface area contributed by atoms with Crippen molar-refractivity contribution in [3.8, 4) is 10.6 Å². The smallest absolute Gasteiger partial charge is 0.423 e. The summed E-state index contributed by atoms with van der Waals surface area (Å²) in [5, 5.41) is 30.7. The van der Waals surface area contributed by atoms with Crippen molar-refractivity contribution in [1.29, 1.82) is 0 Å². The first-order valence-corrected chi connectivity index (χ1v) is 8.83. The van der Waals surface area contributed by atoms with Gasteiger partial charge in [-0.25, -0.2) is 4.98 Å². The Morgan fingerprint density at radius 1 is 1.12 bits per heavy atom. The van der Waals surface area contributed by atoms with Crippen molar-refractivity contribution < 1.29 is 10.0 Å². The third-order valence-electron chi connectivity index (χ3n) is 4.83. The average molecular weight is 335 g/mol. The third-order valence-corrected chi connectivity index (χ3v) is 5.77. The second kappa shape index (κ2) is 5.14. The lowest BCUT2D eigenvalue weighted by Crippen LogP contribution is -2.30. The van der Waals surface area contributed by atoms with E-state index in [0.717, 1.165) is 46.3 Å². The van der Waals surface area contributed by atoms with Gasteiger partial charge in [-0.1, -0.05) is 6.07 Å². The van der Waals surface area contributed by atoms with E-state index in [2.05, 4.69) is 10.2 Å². The minimum absolute atomic E-state index is 0.533. The van der Waals surface area contributed by atoms with Crippen molar-refractivity contribution in [3.05, 3.63) is 40.9 Å². The fourth-order valence-corrected chi connectivity index (χ4v) is 4.73. The topological polar surface area (TPSA) is 82.0 Å². The summed E-state index contributed by atoms with van der Waals surface area (Å²) >= 11 is 1.51. The standard InChI is InChI=1S/C17H14BN3O2S/c22-18(23)12-6-7-24-17(12)16-10-3-1-2-9(10)15-11-8-19-21-13(11)4-5-14(15)20-16/h4-8,22-23H,1-3H2,(H,19,21). The largest absolute Gasteiger partial charge is 0.489 e. The maximum atomic E-state index is 9.65. The Bertz CT molecular complexity index is 1090. The number of hydrogen-bond donors (Lipinski definition) is 3. The summed E-state index contributed by atoms with van der Waals surface area (Å²) in [6, 6.07) is 5.77. The average Bonchev–Trinajstić information content (AvgIpc) is 3.31. The molecular formula is C17H14BN3O2S. The van der Waals surface area contributed by atoms with Crippen molar-refractivity contribution in [1.82, 2.24) is 15.2 Å². The fourth-order valence-electron chi connectivity index (χ4n) is 3.79. The number of pyridine rings is 1. The van der Waals surface area contributed by atoms with Crippen LogP contribution in [0, 0.1) is 0 Å². The zero-order valence-electron chi connectivity index (χ0n) is 12.8. The maximum absolute atomic E-state index is 9.65. The van der Waals surface area contributed by atoms with Gasteiger partial charge in [0.05, 0.1) is 27.8 Å². The fraction of sp³-hybridized carbons (Fsp3) is 0.176. The molecule has 7 heteroatoms. The van der Waals surface area contributed by atoms with Gasteiger partial charge in [-0.2, -0.15) is 5.10 Å². The van der Waals surface area contributed by atoms with Gasteiger partial charge in [0.2, 0.25) is 0 Å². The summed E-state index contributed by atoms with van der Waals surface area (Å²) in [4.78, 5) is 5.77. The number of aromatic amines is 1. The summed E-state index contributed by atoms with van der Waals surface area (Å²) in [5.74, 6) is 0. The molecule has 0 amide bonds. The number of thiophene rings is 1. The van der Waals surface area contributed by atoms with Crippen LogP contribution < -0.4 is 5.46 Å². The van der Waals surface area contributed by atoms with Gasteiger partial charge in [0.1, 0.15) is 0 Å². The minimum atomic E-state index is -1.47.